The first-order valence-electron chi connectivity index (χ1n) is 6.34. The van der Waals surface area contributed by atoms with Crippen LogP contribution in [0.5, 0.6) is 0 Å². The van der Waals surface area contributed by atoms with Gasteiger partial charge >= 0.3 is 0 Å². The molecule has 0 unspecified atom stereocenters. The molecule has 0 fully saturated rings. The fraction of sp³-hybridized carbons (Fsp3) is 0.214. The third-order valence-corrected chi connectivity index (χ3v) is 4.65. The number of aromatic nitrogens is 1. The van der Waals surface area contributed by atoms with Gasteiger partial charge in [0.15, 0.2) is 0 Å². The van der Waals surface area contributed by atoms with Crippen LogP contribution in [0, 0.1) is 0 Å². The van der Waals surface area contributed by atoms with Gasteiger partial charge in [-0.15, -0.1) is 0 Å². The number of nitrogens with zero attached hydrogens (tertiary/aromatic N) is 1. The lowest BCUT2D eigenvalue weighted by Gasteiger charge is -2.09. The monoisotopic (exact) mass is 325 g/mol. The topological polar surface area (TPSA) is 71.1 Å². The molecule has 5 nitrogen and oxygen atoms in total. The maximum absolute atomic E-state index is 12.3. The van der Waals surface area contributed by atoms with Crippen LogP contribution in [0.1, 0.15) is 11.1 Å². The number of pyridine rings is 1. The van der Waals surface area contributed by atoms with Gasteiger partial charge in [-0.05, 0) is 42.4 Å². The highest BCUT2D eigenvalue weighted by Crippen LogP contribution is 2.20. The van der Waals surface area contributed by atoms with E-state index in [1.807, 2.05) is 6.07 Å². The highest BCUT2D eigenvalue weighted by molar-refractivity contribution is 7.89. The Kier molecular flexibility index (Phi) is 5.30. The number of hydrogen-bond donors (Lipinski definition) is 2. The fourth-order valence-corrected chi connectivity index (χ4v) is 3.06. The Labute approximate surface area is 129 Å². The van der Waals surface area contributed by atoms with Gasteiger partial charge in [-0.1, -0.05) is 17.7 Å². The van der Waals surface area contributed by atoms with Crippen molar-refractivity contribution < 1.29 is 8.42 Å². The zero-order valence-electron chi connectivity index (χ0n) is 11.5. The first kappa shape index (κ1) is 15.9. The molecular weight excluding hydrogens is 310 g/mol. The van der Waals surface area contributed by atoms with Crippen molar-refractivity contribution in [2.75, 3.05) is 7.05 Å². The van der Waals surface area contributed by atoms with Crippen molar-refractivity contribution in [3.63, 3.8) is 0 Å². The highest BCUT2D eigenvalue weighted by Gasteiger charge is 2.15. The molecule has 2 rings (SSSR count). The summed E-state index contributed by atoms with van der Waals surface area (Å²) in [5, 5.41) is 3.49. The van der Waals surface area contributed by atoms with Crippen molar-refractivity contribution in [1.29, 1.82) is 0 Å². The van der Waals surface area contributed by atoms with Crippen molar-refractivity contribution in [3.8, 4) is 0 Å². The average Bonchev–Trinajstić information content (AvgIpc) is 2.49. The number of halogens is 1. The maximum Gasteiger partial charge on any atom is 0.240 e. The molecule has 0 saturated heterocycles. The van der Waals surface area contributed by atoms with E-state index in [4.69, 9.17) is 11.6 Å². The lowest BCUT2D eigenvalue weighted by atomic mass is 10.2. The quantitative estimate of drug-likeness (QED) is 0.851. The molecule has 7 heteroatoms. The summed E-state index contributed by atoms with van der Waals surface area (Å²) in [6, 6.07) is 8.23. The first-order chi connectivity index (χ1) is 10.0. The number of rotatable bonds is 6. The predicted molar refractivity (Wildman–Crippen MR) is 82.5 cm³/mol. The van der Waals surface area contributed by atoms with Gasteiger partial charge in [0.2, 0.25) is 10.0 Å². The van der Waals surface area contributed by atoms with Crippen LogP contribution in [-0.2, 0) is 23.1 Å². The minimum Gasteiger partial charge on any atom is -0.316 e. The molecule has 0 aliphatic carbocycles. The lowest BCUT2D eigenvalue weighted by Crippen LogP contribution is -2.23. The average molecular weight is 326 g/mol. The van der Waals surface area contributed by atoms with E-state index in [0.29, 0.717) is 11.6 Å². The molecule has 112 valence electrons. The molecule has 0 saturated carbocycles. The van der Waals surface area contributed by atoms with E-state index in [1.165, 1.54) is 6.07 Å². The Bertz CT molecular complexity index is 705. The smallest absolute Gasteiger partial charge is 0.240 e. The molecule has 1 heterocycles. The molecule has 0 aliphatic rings. The number of sulfonamides is 1. The molecule has 1 aromatic heterocycles. The van der Waals surface area contributed by atoms with Crippen LogP contribution in [0.25, 0.3) is 0 Å². The van der Waals surface area contributed by atoms with E-state index >= 15 is 0 Å². The fourth-order valence-electron chi connectivity index (χ4n) is 1.81. The normalized spacial score (nSPS) is 11.5. The van der Waals surface area contributed by atoms with Gasteiger partial charge in [0, 0.05) is 30.5 Å². The summed E-state index contributed by atoms with van der Waals surface area (Å²) in [5.41, 5.74) is 1.54. The van der Waals surface area contributed by atoms with E-state index in [1.54, 1.807) is 37.6 Å². The second kappa shape index (κ2) is 7.00. The minimum atomic E-state index is -3.58. The van der Waals surface area contributed by atoms with Gasteiger partial charge in [0.05, 0.1) is 4.90 Å². The molecule has 0 radical (unpaired) electrons. The first-order valence-corrected chi connectivity index (χ1v) is 8.20. The zero-order chi connectivity index (χ0) is 15.3. The molecule has 0 atom stereocenters. The molecule has 1 aromatic carbocycles. The molecule has 0 spiro atoms. The Morgan fingerprint density at radius 2 is 2.05 bits per heavy atom. The largest absolute Gasteiger partial charge is 0.316 e. The Hall–Kier alpha value is -1.47. The maximum atomic E-state index is 12.3. The van der Waals surface area contributed by atoms with Gasteiger partial charge in [0.1, 0.15) is 0 Å². The number of nitrogens with one attached hydrogen (secondary N) is 2. The van der Waals surface area contributed by atoms with Crippen LogP contribution in [-0.4, -0.2) is 20.4 Å². The SMILES string of the molecule is CNCc1cc(S(=O)(=O)NCc2cccnc2)ccc1Cl. The van der Waals surface area contributed by atoms with E-state index in [2.05, 4.69) is 15.0 Å². The molecule has 2 aromatic rings. The third-order valence-electron chi connectivity index (χ3n) is 2.88. The van der Waals surface area contributed by atoms with Crippen LogP contribution in [0.2, 0.25) is 5.02 Å². The third kappa shape index (κ3) is 4.25. The number of hydrogen-bond acceptors (Lipinski definition) is 4. The summed E-state index contributed by atoms with van der Waals surface area (Å²) in [6.45, 7) is 0.699. The minimum absolute atomic E-state index is 0.195. The molecule has 0 bridgehead atoms. The van der Waals surface area contributed by atoms with E-state index in [-0.39, 0.29) is 11.4 Å². The number of benzene rings is 1. The summed E-state index contributed by atoms with van der Waals surface area (Å²) < 4.78 is 27.1. The summed E-state index contributed by atoms with van der Waals surface area (Å²) >= 11 is 6.03. The molecule has 0 amide bonds. The van der Waals surface area contributed by atoms with Crippen LogP contribution >= 0.6 is 11.6 Å². The summed E-state index contributed by atoms with van der Waals surface area (Å²) in [6.07, 6.45) is 3.26. The van der Waals surface area contributed by atoms with Crippen LogP contribution in [0.3, 0.4) is 0 Å². The standard InChI is InChI=1S/C14H16ClN3O2S/c1-16-10-12-7-13(4-5-14(12)15)21(19,20)18-9-11-3-2-6-17-8-11/h2-8,16,18H,9-10H2,1H3. The van der Waals surface area contributed by atoms with Crippen molar-refractivity contribution in [1.82, 2.24) is 15.0 Å². The highest BCUT2D eigenvalue weighted by atomic mass is 35.5. The van der Waals surface area contributed by atoms with E-state index in [9.17, 15) is 8.42 Å². The van der Waals surface area contributed by atoms with Crippen molar-refractivity contribution in [2.45, 2.75) is 18.0 Å². The summed E-state index contributed by atoms with van der Waals surface area (Å²) in [7, 11) is -1.80. The van der Waals surface area contributed by atoms with E-state index < -0.39 is 10.0 Å². The van der Waals surface area contributed by atoms with Gasteiger partial charge in [-0.3, -0.25) is 4.98 Å². The Morgan fingerprint density at radius 1 is 1.24 bits per heavy atom. The van der Waals surface area contributed by atoms with Crippen LogP contribution in [0.4, 0.5) is 0 Å². The summed E-state index contributed by atoms with van der Waals surface area (Å²) in [5.74, 6) is 0. The Balaban J connectivity index is 2.17. The molecular formula is C14H16ClN3O2S. The summed E-state index contributed by atoms with van der Waals surface area (Å²) in [4.78, 5) is 4.14. The van der Waals surface area contributed by atoms with Crippen molar-refractivity contribution in [2.24, 2.45) is 0 Å². The Morgan fingerprint density at radius 3 is 2.71 bits per heavy atom. The van der Waals surface area contributed by atoms with Crippen molar-refractivity contribution in [3.05, 3.63) is 58.9 Å². The van der Waals surface area contributed by atoms with Gasteiger partial charge in [-0.25, -0.2) is 13.1 Å². The lowest BCUT2D eigenvalue weighted by molar-refractivity contribution is 0.581. The second-order valence-electron chi connectivity index (χ2n) is 4.47. The van der Waals surface area contributed by atoms with Crippen LogP contribution in [0.15, 0.2) is 47.6 Å². The predicted octanol–water partition coefficient (Wildman–Crippen LogP) is 1.93. The van der Waals surface area contributed by atoms with Gasteiger partial charge in [0.25, 0.3) is 0 Å². The van der Waals surface area contributed by atoms with Gasteiger partial charge in [-0.2, -0.15) is 0 Å². The van der Waals surface area contributed by atoms with Gasteiger partial charge < -0.3 is 5.32 Å². The molecule has 2 N–H and O–H groups in total. The molecule has 0 aliphatic heterocycles. The van der Waals surface area contributed by atoms with Crippen molar-refractivity contribution >= 4 is 21.6 Å². The van der Waals surface area contributed by atoms with E-state index in [0.717, 1.165) is 11.1 Å². The second-order valence-corrected chi connectivity index (χ2v) is 6.64. The zero-order valence-corrected chi connectivity index (χ0v) is 13.1. The van der Waals surface area contributed by atoms with Crippen LogP contribution < -0.4 is 10.0 Å². The molecule has 21 heavy (non-hydrogen) atoms.